The van der Waals surface area contributed by atoms with E-state index >= 15 is 0 Å². The van der Waals surface area contributed by atoms with Gasteiger partial charge in [0, 0.05) is 11.1 Å². The van der Waals surface area contributed by atoms with Crippen molar-refractivity contribution in [1.29, 1.82) is 0 Å². The van der Waals surface area contributed by atoms with E-state index in [4.69, 9.17) is 0 Å². The van der Waals surface area contributed by atoms with Crippen molar-refractivity contribution in [3.63, 3.8) is 0 Å². The number of hydrogen-bond acceptors (Lipinski definition) is 6. The van der Waals surface area contributed by atoms with Crippen molar-refractivity contribution in [3.05, 3.63) is 33.7 Å². The molecule has 0 N–H and O–H groups in total. The quantitative estimate of drug-likeness (QED) is 0.489. The van der Waals surface area contributed by atoms with Crippen LogP contribution in [0, 0.1) is 13.8 Å². The first-order valence-electron chi connectivity index (χ1n) is 5.44. The van der Waals surface area contributed by atoms with E-state index in [0.29, 0.717) is 11.4 Å². The third-order valence-electron chi connectivity index (χ3n) is 2.36. The highest BCUT2D eigenvalue weighted by atomic mass is 32.2. The molecule has 94 valence electrons. The first-order valence-corrected chi connectivity index (χ1v) is 7.37. The van der Waals surface area contributed by atoms with Gasteiger partial charge in [-0.15, -0.1) is 11.3 Å². The van der Waals surface area contributed by atoms with Gasteiger partial charge in [0.15, 0.2) is 5.78 Å². The fourth-order valence-corrected chi connectivity index (χ4v) is 3.38. The summed E-state index contributed by atoms with van der Waals surface area (Å²) in [6, 6.07) is 0. The number of carbonyl (C=O) groups is 1. The first kappa shape index (κ1) is 13.2. The lowest BCUT2D eigenvalue weighted by Gasteiger charge is -2.08. The Balaban J connectivity index is 2.28. The van der Waals surface area contributed by atoms with Gasteiger partial charge in [-0.25, -0.2) is 15.0 Å². The van der Waals surface area contributed by atoms with E-state index in [1.54, 1.807) is 23.8 Å². The molecular formula is C12H13N3OS2. The minimum Gasteiger partial charge on any atom is -0.294 e. The Hall–Kier alpha value is -1.27. The zero-order valence-electron chi connectivity index (χ0n) is 10.4. The summed E-state index contributed by atoms with van der Waals surface area (Å²) in [7, 11) is 0. The van der Waals surface area contributed by atoms with Gasteiger partial charge < -0.3 is 0 Å². The molecular weight excluding hydrogens is 266 g/mol. The van der Waals surface area contributed by atoms with Gasteiger partial charge in [-0.1, -0.05) is 11.8 Å². The highest BCUT2D eigenvalue weighted by molar-refractivity contribution is 7.98. The monoisotopic (exact) mass is 279 g/mol. The van der Waals surface area contributed by atoms with E-state index in [2.05, 4.69) is 15.0 Å². The number of thioether (sulfide) groups is 1. The van der Waals surface area contributed by atoms with Crippen LogP contribution >= 0.6 is 23.1 Å². The van der Waals surface area contributed by atoms with Crippen LogP contribution in [0.25, 0.3) is 0 Å². The molecule has 0 atom stereocenters. The van der Waals surface area contributed by atoms with Gasteiger partial charge in [0.05, 0.1) is 22.5 Å². The summed E-state index contributed by atoms with van der Waals surface area (Å²) in [5.74, 6) is 1.42. The Morgan fingerprint density at radius 1 is 1.39 bits per heavy atom. The van der Waals surface area contributed by atoms with E-state index in [0.717, 1.165) is 22.2 Å². The molecule has 0 saturated carbocycles. The number of nitrogens with zero attached hydrogens (tertiary/aromatic N) is 3. The summed E-state index contributed by atoms with van der Waals surface area (Å²) in [5, 5.41) is 2.75. The highest BCUT2D eigenvalue weighted by Crippen LogP contribution is 2.26. The molecule has 6 heteroatoms. The summed E-state index contributed by atoms with van der Waals surface area (Å²) in [4.78, 5) is 24.5. The zero-order chi connectivity index (χ0) is 13.1. The van der Waals surface area contributed by atoms with Gasteiger partial charge in [-0.05, 0) is 20.8 Å². The Kier molecular flexibility index (Phi) is 4.08. The van der Waals surface area contributed by atoms with E-state index in [-0.39, 0.29) is 5.78 Å². The number of rotatable bonds is 4. The number of Topliss-reactive ketones (excluding diaryl/α,β-unsaturated/α-hetero) is 1. The maximum atomic E-state index is 11.7. The molecule has 0 spiro atoms. The van der Waals surface area contributed by atoms with E-state index in [9.17, 15) is 4.79 Å². The van der Waals surface area contributed by atoms with Crippen molar-refractivity contribution in [1.82, 2.24) is 15.0 Å². The second-order valence-electron chi connectivity index (χ2n) is 3.86. The standard InChI is InChI=1S/C12H13N3OS2/c1-7-11(8(2)16)12(15-9(3)14-7)18-5-10-4-17-6-13-10/h4,6H,5H2,1-3H3. The topological polar surface area (TPSA) is 55.7 Å². The molecule has 0 fully saturated rings. The van der Waals surface area contributed by atoms with Gasteiger partial charge >= 0.3 is 0 Å². The van der Waals surface area contributed by atoms with Crippen LogP contribution in [0.3, 0.4) is 0 Å². The predicted octanol–water partition coefficient (Wildman–Crippen LogP) is 3.04. The Labute approximate surface area is 114 Å². The summed E-state index contributed by atoms with van der Waals surface area (Å²) in [5.41, 5.74) is 4.18. The fraction of sp³-hybridized carbons (Fsp3) is 0.333. The van der Waals surface area contributed by atoms with E-state index < -0.39 is 0 Å². The Morgan fingerprint density at radius 3 is 2.78 bits per heavy atom. The largest absolute Gasteiger partial charge is 0.294 e. The molecule has 0 aliphatic carbocycles. The van der Waals surface area contributed by atoms with Crippen LogP contribution < -0.4 is 0 Å². The lowest BCUT2D eigenvalue weighted by Crippen LogP contribution is -2.06. The normalized spacial score (nSPS) is 10.6. The molecule has 0 aliphatic rings. The molecule has 18 heavy (non-hydrogen) atoms. The molecule has 2 aromatic rings. The van der Waals surface area contributed by atoms with Crippen LogP contribution in [-0.4, -0.2) is 20.7 Å². The maximum absolute atomic E-state index is 11.7. The second kappa shape index (κ2) is 5.58. The molecule has 4 nitrogen and oxygen atoms in total. The molecule has 0 saturated heterocycles. The van der Waals surface area contributed by atoms with Gasteiger partial charge in [0.25, 0.3) is 0 Å². The minimum absolute atomic E-state index is 0.00766. The third kappa shape index (κ3) is 2.94. The average Bonchev–Trinajstić information content (AvgIpc) is 2.77. The van der Waals surface area contributed by atoms with Crippen LogP contribution in [0.2, 0.25) is 0 Å². The fourth-order valence-electron chi connectivity index (χ4n) is 1.64. The van der Waals surface area contributed by atoms with Crippen molar-refractivity contribution >= 4 is 28.9 Å². The Morgan fingerprint density at radius 2 is 2.17 bits per heavy atom. The molecule has 0 unspecified atom stereocenters. The lowest BCUT2D eigenvalue weighted by atomic mass is 10.2. The summed E-state index contributed by atoms with van der Waals surface area (Å²) in [6.45, 7) is 5.23. The van der Waals surface area contributed by atoms with Crippen LogP contribution in [0.1, 0.15) is 34.5 Å². The van der Waals surface area contributed by atoms with E-state index in [1.807, 2.05) is 19.2 Å². The zero-order valence-corrected chi connectivity index (χ0v) is 12.1. The van der Waals surface area contributed by atoms with Crippen molar-refractivity contribution in [2.24, 2.45) is 0 Å². The third-order valence-corrected chi connectivity index (χ3v) is 4.01. The summed E-state index contributed by atoms with van der Waals surface area (Å²) in [6.07, 6.45) is 0. The summed E-state index contributed by atoms with van der Waals surface area (Å²) >= 11 is 3.10. The molecule has 2 heterocycles. The number of thiazole rings is 1. The van der Waals surface area contributed by atoms with Gasteiger partial charge in [0.2, 0.25) is 0 Å². The van der Waals surface area contributed by atoms with Crippen LogP contribution in [0.15, 0.2) is 15.9 Å². The van der Waals surface area contributed by atoms with Gasteiger partial charge in [0.1, 0.15) is 10.9 Å². The maximum Gasteiger partial charge on any atom is 0.164 e. The second-order valence-corrected chi connectivity index (χ2v) is 5.54. The van der Waals surface area contributed by atoms with Gasteiger partial charge in [-0.2, -0.15) is 0 Å². The molecule has 0 amide bonds. The van der Waals surface area contributed by atoms with Crippen LogP contribution in [0.4, 0.5) is 0 Å². The van der Waals surface area contributed by atoms with Crippen LogP contribution in [0.5, 0.6) is 0 Å². The molecule has 0 bridgehead atoms. The van der Waals surface area contributed by atoms with Gasteiger partial charge in [-0.3, -0.25) is 4.79 Å². The number of hydrogen-bond donors (Lipinski definition) is 0. The number of aromatic nitrogens is 3. The molecule has 2 rings (SSSR count). The summed E-state index contributed by atoms with van der Waals surface area (Å²) < 4.78 is 0. The van der Waals surface area contributed by atoms with Crippen molar-refractivity contribution in [2.45, 2.75) is 31.6 Å². The lowest BCUT2D eigenvalue weighted by molar-refractivity contribution is 0.101. The molecule has 2 aromatic heterocycles. The number of aryl methyl sites for hydroxylation is 2. The van der Waals surface area contributed by atoms with Crippen molar-refractivity contribution in [3.8, 4) is 0 Å². The number of carbonyl (C=O) groups excluding carboxylic acids is 1. The smallest absolute Gasteiger partial charge is 0.164 e. The minimum atomic E-state index is 0.00766. The molecule has 0 radical (unpaired) electrons. The molecule has 0 aliphatic heterocycles. The van der Waals surface area contributed by atoms with Crippen molar-refractivity contribution < 1.29 is 4.79 Å². The predicted molar refractivity (Wildman–Crippen MR) is 73.2 cm³/mol. The highest BCUT2D eigenvalue weighted by Gasteiger charge is 2.15. The number of ketones is 1. The van der Waals surface area contributed by atoms with Crippen molar-refractivity contribution in [2.75, 3.05) is 0 Å². The Bertz CT molecular complexity index is 567. The average molecular weight is 279 g/mol. The first-order chi connectivity index (χ1) is 8.58. The molecule has 0 aromatic carbocycles. The van der Waals surface area contributed by atoms with E-state index in [1.165, 1.54) is 11.8 Å². The SMILES string of the molecule is CC(=O)c1c(C)nc(C)nc1SCc1cscn1. The van der Waals surface area contributed by atoms with Crippen LogP contribution in [-0.2, 0) is 5.75 Å².